The van der Waals surface area contributed by atoms with Crippen LogP contribution in [0, 0.1) is 0 Å². The van der Waals surface area contributed by atoms with Crippen molar-refractivity contribution in [2.45, 2.75) is 20.3 Å². The molecule has 7 nitrogen and oxygen atoms in total. The van der Waals surface area contributed by atoms with Gasteiger partial charge in [0, 0.05) is 11.3 Å². The molecule has 2 amide bonds. The molecular formula is C19H21N3O4. The van der Waals surface area contributed by atoms with Crippen LogP contribution in [0.4, 0.5) is 5.69 Å². The van der Waals surface area contributed by atoms with E-state index in [0.29, 0.717) is 17.0 Å². The molecule has 0 saturated carbocycles. The first-order valence-corrected chi connectivity index (χ1v) is 8.07. The van der Waals surface area contributed by atoms with Gasteiger partial charge in [0.1, 0.15) is 0 Å². The Balaban J connectivity index is 2.04. The number of phenols is 1. The first-order chi connectivity index (χ1) is 12.5. The average molecular weight is 355 g/mol. The first kappa shape index (κ1) is 19.0. The smallest absolute Gasteiger partial charge is 0.329 e. The van der Waals surface area contributed by atoms with E-state index in [1.807, 2.05) is 19.1 Å². The van der Waals surface area contributed by atoms with Crippen LogP contribution < -0.4 is 15.5 Å². The molecule has 7 heteroatoms. The molecule has 136 valence electrons. The van der Waals surface area contributed by atoms with Crippen LogP contribution in [0.1, 0.15) is 25.0 Å². The lowest BCUT2D eigenvalue weighted by Crippen LogP contribution is -2.33. The number of carbonyl (C=O) groups excluding carboxylic acids is 2. The van der Waals surface area contributed by atoms with Gasteiger partial charge in [-0.2, -0.15) is 5.10 Å². The minimum absolute atomic E-state index is 0.00190. The maximum Gasteiger partial charge on any atom is 0.329 e. The van der Waals surface area contributed by atoms with E-state index < -0.39 is 11.8 Å². The van der Waals surface area contributed by atoms with Gasteiger partial charge in [-0.3, -0.25) is 9.59 Å². The number of para-hydroxylation sites is 1. The van der Waals surface area contributed by atoms with Crippen LogP contribution >= 0.6 is 0 Å². The molecule has 0 heterocycles. The third-order valence-electron chi connectivity index (χ3n) is 3.78. The highest BCUT2D eigenvalue weighted by Gasteiger charge is 2.15. The second-order valence-electron chi connectivity index (χ2n) is 5.49. The lowest BCUT2D eigenvalue weighted by molar-refractivity contribution is -0.136. The van der Waals surface area contributed by atoms with Crippen LogP contribution in [-0.4, -0.2) is 29.7 Å². The van der Waals surface area contributed by atoms with Crippen LogP contribution in [-0.2, 0) is 16.0 Å². The van der Waals surface area contributed by atoms with E-state index in [4.69, 9.17) is 4.74 Å². The normalized spacial score (nSPS) is 11.0. The van der Waals surface area contributed by atoms with Crippen molar-refractivity contribution in [3.63, 3.8) is 0 Å². The van der Waals surface area contributed by atoms with E-state index in [1.165, 1.54) is 13.2 Å². The number of aromatic hydroxyl groups is 1. The fraction of sp³-hybridized carbons (Fsp3) is 0.211. The maximum atomic E-state index is 12.0. The van der Waals surface area contributed by atoms with Crippen LogP contribution in [0.25, 0.3) is 0 Å². The summed E-state index contributed by atoms with van der Waals surface area (Å²) in [5, 5.41) is 16.1. The van der Waals surface area contributed by atoms with Gasteiger partial charge in [0.15, 0.2) is 11.5 Å². The SMILES string of the molecule is CCc1ccccc1NC(=O)C(=O)N/N=C(\C)c1ccc(O)c(OC)c1. The Kier molecular flexibility index (Phi) is 6.32. The Morgan fingerprint density at radius 1 is 1.15 bits per heavy atom. The Morgan fingerprint density at radius 2 is 1.88 bits per heavy atom. The van der Waals surface area contributed by atoms with E-state index in [2.05, 4.69) is 15.8 Å². The highest BCUT2D eigenvalue weighted by molar-refractivity contribution is 6.39. The Hall–Kier alpha value is -3.35. The number of aryl methyl sites for hydroxylation is 1. The number of hydrogen-bond donors (Lipinski definition) is 3. The summed E-state index contributed by atoms with van der Waals surface area (Å²) in [5.74, 6) is -1.38. The van der Waals surface area contributed by atoms with Crippen LogP contribution in [0.3, 0.4) is 0 Å². The summed E-state index contributed by atoms with van der Waals surface area (Å²) in [7, 11) is 1.44. The van der Waals surface area contributed by atoms with Gasteiger partial charge < -0.3 is 15.2 Å². The zero-order valence-corrected chi connectivity index (χ0v) is 14.9. The second-order valence-corrected chi connectivity index (χ2v) is 5.49. The minimum atomic E-state index is -0.874. The van der Waals surface area contributed by atoms with Gasteiger partial charge in [-0.15, -0.1) is 0 Å². The third kappa shape index (κ3) is 4.60. The van der Waals surface area contributed by atoms with E-state index in [0.717, 1.165) is 12.0 Å². The van der Waals surface area contributed by atoms with Crippen LogP contribution in [0.15, 0.2) is 47.6 Å². The van der Waals surface area contributed by atoms with Crippen molar-refractivity contribution < 1.29 is 19.4 Å². The van der Waals surface area contributed by atoms with Crippen molar-refractivity contribution >= 4 is 23.2 Å². The van der Waals surface area contributed by atoms with Crippen molar-refractivity contribution in [3.05, 3.63) is 53.6 Å². The van der Waals surface area contributed by atoms with E-state index in [-0.39, 0.29) is 11.5 Å². The monoisotopic (exact) mass is 355 g/mol. The first-order valence-electron chi connectivity index (χ1n) is 8.07. The Bertz CT molecular complexity index is 846. The van der Waals surface area contributed by atoms with Gasteiger partial charge in [-0.25, -0.2) is 5.43 Å². The number of hydrogen-bond acceptors (Lipinski definition) is 5. The number of rotatable bonds is 5. The lowest BCUT2D eigenvalue weighted by Gasteiger charge is -2.09. The summed E-state index contributed by atoms with van der Waals surface area (Å²) in [5.41, 5.74) is 4.85. The maximum absolute atomic E-state index is 12.0. The molecule has 2 aromatic rings. The predicted molar refractivity (Wildman–Crippen MR) is 99.5 cm³/mol. The Labute approximate surface area is 151 Å². The molecule has 0 radical (unpaired) electrons. The van der Waals surface area contributed by atoms with Gasteiger partial charge in [0.2, 0.25) is 0 Å². The molecule has 0 saturated heterocycles. The van der Waals surface area contributed by atoms with Crippen molar-refractivity contribution in [2.24, 2.45) is 5.10 Å². The number of amides is 2. The average Bonchev–Trinajstić information content (AvgIpc) is 2.66. The molecule has 2 rings (SSSR count). The largest absolute Gasteiger partial charge is 0.504 e. The van der Waals surface area contributed by atoms with Crippen LogP contribution in [0.2, 0.25) is 0 Å². The third-order valence-corrected chi connectivity index (χ3v) is 3.78. The number of anilines is 1. The second kappa shape index (κ2) is 8.66. The van der Waals surface area contributed by atoms with E-state index in [1.54, 1.807) is 31.2 Å². The van der Waals surface area contributed by atoms with Crippen LogP contribution in [0.5, 0.6) is 11.5 Å². The summed E-state index contributed by atoms with van der Waals surface area (Å²) >= 11 is 0. The van der Waals surface area contributed by atoms with Gasteiger partial charge in [-0.05, 0) is 43.2 Å². The summed E-state index contributed by atoms with van der Waals surface area (Å²) in [6.45, 7) is 3.63. The number of ether oxygens (including phenoxy) is 1. The number of phenolic OH excluding ortho intramolecular Hbond substituents is 1. The molecule has 0 unspecified atom stereocenters. The molecule has 26 heavy (non-hydrogen) atoms. The highest BCUT2D eigenvalue weighted by Crippen LogP contribution is 2.26. The van der Waals surface area contributed by atoms with Gasteiger partial charge in [0.25, 0.3) is 0 Å². The minimum Gasteiger partial charge on any atom is -0.504 e. The number of carbonyl (C=O) groups is 2. The molecule has 0 aliphatic rings. The zero-order chi connectivity index (χ0) is 19.1. The molecule has 0 bridgehead atoms. The van der Waals surface area contributed by atoms with Gasteiger partial charge in [0.05, 0.1) is 12.8 Å². The fourth-order valence-corrected chi connectivity index (χ4v) is 2.28. The quantitative estimate of drug-likeness (QED) is 0.436. The van der Waals surface area contributed by atoms with Crippen molar-refractivity contribution in [1.29, 1.82) is 0 Å². The molecule has 3 N–H and O–H groups in total. The molecule has 2 aromatic carbocycles. The van der Waals surface area contributed by atoms with Gasteiger partial charge in [-0.1, -0.05) is 25.1 Å². The Morgan fingerprint density at radius 3 is 2.58 bits per heavy atom. The number of benzene rings is 2. The molecule has 0 aromatic heterocycles. The van der Waals surface area contributed by atoms with Crippen molar-refractivity contribution in [1.82, 2.24) is 5.43 Å². The molecule has 0 spiro atoms. The number of methoxy groups -OCH3 is 1. The summed E-state index contributed by atoms with van der Waals surface area (Å²) in [4.78, 5) is 24.0. The van der Waals surface area contributed by atoms with Gasteiger partial charge >= 0.3 is 11.8 Å². The van der Waals surface area contributed by atoms with Crippen molar-refractivity contribution in [2.75, 3.05) is 12.4 Å². The summed E-state index contributed by atoms with van der Waals surface area (Å²) in [6, 6.07) is 11.9. The van der Waals surface area contributed by atoms with Crippen molar-refractivity contribution in [3.8, 4) is 11.5 Å². The van der Waals surface area contributed by atoms with E-state index in [9.17, 15) is 14.7 Å². The number of hydrazone groups is 1. The highest BCUT2D eigenvalue weighted by atomic mass is 16.5. The molecule has 0 aliphatic heterocycles. The molecular weight excluding hydrogens is 334 g/mol. The predicted octanol–water partition coefficient (Wildman–Crippen LogP) is 2.44. The number of nitrogens with zero attached hydrogens (tertiary/aromatic N) is 1. The fourth-order valence-electron chi connectivity index (χ4n) is 2.28. The standard InChI is InChI=1S/C19H21N3O4/c1-4-13-7-5-6-8-15(13)20-18(24)19(25)22-21-12(2)14-9-10-16(23)17(11-14)26-3/h5-11,23H,4H2,1-3H3,(H,20,24)(H,22,25)/b21-12+. The van der Waals surface area contributed by atoms with E-state index >= 15 is 0 Å². The zero-order valence-electron chi connectivity index (χ0n) is 14.9. The summed E-state index contributed by atoms with van der Waals surface area (Å²) in [6.07, 6.45) is 0.734. The molecule has 0 aliphatic carbocycles. The topological polar surface area (TPSA) is 100 Å². The lowest BCUT2D eigenvalue weighted by atomic mass is 10.1. The molecule has 0 fully saturated rings. The molecule has 0 atom stereocenters. The summed E-state index contributed by atoms with van der Waals surface area (Å²) < 4.78 is 5.03. The number of nitrogens with one attached hydrogen (secondary N) is 2.